The van der Waals surface area contributed by atoms with Gasteiger partial charge in [-0.05, 0) is 44.1 Å². The minimum Gasteiger partial charge on any atom is -0.342 e. The molecule has 0 N–H and O–H groups in total. The molecule has 0 spiro atoms. The predicted octanol–water partition coefficient (Wildman–Crippen LogP) is 3.58. The van der Waals surface area contributed by atoms with Crippen LogP contribution in [0.3, 0.4) is 0 Å². The van der Waals surface area contributed by atoms with E-state index >= 15 is 0 Å². The van der Waals surface area contributed by atoms with Crippen LogP contribution in [0.25, 0.3) is 0 Å². The SMILES string of the molecule is CCCN(CC1CC1)C(=O)CCc1cccc(C)c1. The molecule has 0 unspecified atom stereocenters. The molecule has 1 fully saturated rings. The fourth-order valence-corrected chi connectivity index (χ4v) is 2.48. The summed E-state index contributed by atoms with van der Waals surface area (Å²) >= 11 is 0. The summed E-state index contributed by atoms with van der Waals surface area (Å²) in [7, 11) is 0. The van der Waals surface area contributed by atoms with Crippen molar-refractivity contribution >= 4 is 5.91 Å². The molecule has 0 aromatic heterocycles. The van der Waals surface area contributed by atoms with E-state index in [0.717, 1.165) is 31.8 Å². The third-order valence-electron chi connectivity index (χ3n) is 3.73. The molecule has 1 aromatic carbocycles. The zero-order valence-corrected chi connectivity index (χ0v) is 12.2. The first-order valence-electron chi connectivity index (χ1n) is 7.52. The lowest BCUT2D eigenvalue weighted by Gasteiger charge is -2.22. The number of aryl methyl sites for hydroxylation is 2. The van der Waals surface area contributed by atoms with E-state index in [0.29, 0.717) is 12.3 Å². The Morgan fingerprint density at radius 1 is 1.37 bits per heavy atom. The van der Waals surface area contributed by atoms with Crippen molar-refractivity contribution in [1.29, 1.82) is 0 Å². The van der Waals surface area contributed by atoms with Gasteiger partial charge in [0.2, 0.25) is 5.91 Å². The van der Waals surface area contributed by atoms with Crippen LogP contribution in [0.2, 0.25) is 0 Å². The van der Waals surface area contributed by atoms with Gasteiger partial charge in [0.05, 0.1) is 0 Å². The van der Waals surface area contributed by atoms with Gasteiger partial charge < -0.3 is 4.90 Å². The van der Waals surface area contributed by atoms with Crippen molar-refractivity contribution in [3.63, 3.8) is 0 Å². The Balaban J connectivity index is 1.83. The average molecular weight is 259 g/mol. The zero-order valence-electron chi connectivity index (χ0n) is 12.2. The summed E-state index contributed by atoms with van der Waals surface area (Å²) in [4.78, 5) is 14.4. The van der Waals surface area contributed by atoms with E-state index in [1.54, 1.807) is 0 Å². The van der Waals surface area contributed by atoms with Gasteiger partial charge >= 0.3 is 0 Å². The fraction of sp³-hybridized carbons (Fsp3) is 0.588. The Labute approximate surface area is 116 Å². The summed E-state index contributed by atoms with van der Waals surface area (Å²) in [5.74, 6) is 1.12. The molecular formula is C17H25NO. The second-order valence-electron chi connectivity index (χ2n) is 5.77. The first kappa shape index (κ1) is 14.1. The minimum absolute atomic E-state index is 0.329. The minimum atomic E-state index is 0.329. The summed E-state index contributed by atoms with van der Waals surface area (Å²) < 4.78 is 0. The lowest BCUT2D eigenvalue weighted by atomic mass is 10.1. The first-order valence-corrected chi connectivity index (χ1v) is 7.52. The molecule has 1 amide bonds. The highest BCUT2D eigenvalue weighted by Gasteiger charge is 2.26. The van der Waals surface area contributed by atoms with Gasteiger partial charge in [-0.15, -0.1) is 0 Å². The molecule has 1 aromatic rings. The van der Waals surface area contributed by atoms with E-state index in [-0.39, 0.29) is 0 Å². The molecule has 2 rings (SSSR count). The second-order valence-corrected chi connectivity index (χ2v) is 5.77. The summed E-state index contributed by atoms with van der Waals surface area (Å²) in [6.45, 7) is 6.15. The van der Waals surface area contributed by atoms with Crippen LogP contribution in [0.15, 0.2) is 24.3 Å². The normalized spacial score (nSPS) is 14.4. The van der Waals surface area contributed by atoms with Crippen LogP contribution in [-0.4, -0.2) is 23.9 Å². The largest absolute Gasteiger partial charge is 0.342 e. The highest BCUT2D eigenvalue weighted by Crippen LogP contribution is 2.30. The van der Waals surface area contributed by atoms with Gasteiger partial charge in [0, 0.05) is 19.5 Å². The van der Waals surface area contributed by atoms with Crippen LogP contribution in [0.4, 0.5) is 0 Å². The topological polar surface area (TPSA) is 20.3 Å². The summed E-state index contributed by atoms with van der Waals surface area (Å²) in [5, 5.41) is 0. The van der Waals surface area contributed by atoms with Crippen LogP contribution in [0.1, 0.15) is 43.7 Å². The van der Waals surface area contributed by atoms with Gasteiger partial charge in [0.25, 0.3) is 0 Å². The molecular weight excluding hydrogens is 234 g/mol. The molecule has 0 radical (unpaired) electrons. The molecule has 19 heavy (non-hydrogen) atoms. The number of amides is 1. The van der Waals surface area contributed by atoms with Gasteiger partial charge in [0.15, 0.2) is 0 Å². The molecule has 0 heterocycles. The Morgan fingerprint density at radius 2 is 2.16 bits per heavy atom. The second kappa shape index (κ2) is 6.74. The van der Waals surface area contributed by atoms with Crippen molar-refractivity contribution in [2.24, 2.45) is 5.92 Å². The Kier molecular flexibility index (Phi) is 5.00. The number of hydrogen-bond donors (Lipinski definition) is 0. The molecule has 2 nitrogen and oxygen atoms in total. The van der Waals surface area contributed by atoms with E-state index in [9.17, 15) is 4.79 Å². The first-order chi connectivity index (χ1) is 9.19. The number of carbonyl (C=O) groups excluding carboxylic acids is 1. The maximum absolute atomic E-state index is 12.3. The third-order valence-corrected chi connectivity index (χ3v) is 3.73. The van der Waals surface area contributed by atoms with Crippen molar-refractivity contribution in [1.82, 2.24) is 4.90 Å². The van der Waals surface area contributed by atoms with Crippen LogP contribution in [0.5, 0.6) is 0 Å². The summed E-state index contributed by atoms with van der Waals surface area (Å²) in [6, 6.07) is 8.47. The van der Waals surface area contributed by atoms with Crippen molar-refractivity contribution in [2.45, 2.75) is 46.0 Å². The van der Waals surface area contributed by atoms with Gasteiger partial charge in [-0.1, -0.05) is 36.8 Å². The Morgan fingerprint density at radius 3 is 2.79 bits per heavy atom. The number of hydrogen-bond acceptors (Lipinski definition) is 1. The van der Waals surface area contributed by atoms with Crippen LogP contribution in [-0.2, 0) is 11.2 Å². The molecule has 104 valence electrons. The summed E-state index contributed by atoms with van der Waals surface area (Å²) in [6.07, 6.45) is 5.20. The number of benzene rings is 1. The number of carbonyl (C=O) groups is 1. The van der Waals surface area contributed by atoms with Crippen LogP contribution in [0, 0.1) is 12.8 Å². The lowest BCUT2D eigenvalue weighted by Crippen LogP contribution is -2.33. The highest BCUT2D eigenvalue weighted by molar-refractivity contribution is 5.76. The maximum Gasteiger partial charge on any atom is 0.222 e. The van der Waals surface area contributed by atoms with Gasteiger partial charge in [-0.25, -0.2) is 0 Å². The van der Waals surface area contributed by atoms with E-state index in [2.05, 4.69) is 43.0 Å². The smallest absolute Gasteiger partial charge is 0.222 e. The van der Waals surface area contributed by atoms with Crippen molar-refractivity contribution in [2.75, 3.05) is 13.1 Å². The quantitative estimate of drug-likeness (QED) is 0.733. The van der Waals surface area contributed by atoms with Crippen molar-refractivity contribution < 1.29 is 4.79 Å². The van der Waals surface area contributed by atoms with Crippen LogP contribution < -0.4 is 0 Å². The maximum atomic E-state index is 12.3. The fourth-order valence-electron chi connectivity index (χ4n) is 2.48. The molecule has 0 atom stereocenters. The average Bonchev–Trinajstić information content (AvgIpc) is 3.19. The van der Waals surface area contributed by atoms with E-state index in [4.69, 9.17) is 0 Å². The van der Waals surface area contributed by atoms with Gasteiger partial charge in [-0.2, -0.15) is 0 Å². The van der Waals surface area contributed by atoms with E-state index in [1.165, 1.54) is 24.0 Å². The van der Waals surface area contributed by atoms with Crippen molar-refractivity contribution in [3.05, 3.63) is 35.4 Å². The van der Waals surface area contributed by atoms with Gasteiger partial charge in [-0.3, -0.25) is 4.79 Å². The number of nitrogens with zero attached hydrogens (tertiary/aromatic N) is 1. The van der Waals surface area contributed by atoms with Crippen LogP contribution >= 0.6 is 0 Å². The molecule has 2 heteroatoms. The zero-order chi connectivity index (χ0) is 13.7. The molecule has 1 saturated carbocycles. The van der Waals surface area contributed by atoms with E-state index in [1.807, 2.05) is 0 Å². The Hall–Kier alpha value is -1.31. The Bertz CT molecular complexity index is 423. The monoisotopic (exact) mass is 259 g/mol. The highest BCUT2D eigenvalue weighted by atomic mass is 16.2. The molecule has 1 aliphatic carbocycles. The summed E-state index contributed by atoms with van der Waals surface area (Å²) in [5.41, 5.74) is 2.55. The van der Waals surface area contributed by atoms with Gasteiger partial charge in [0.1, 0.15) is 0 Å². The lowest BCUT2D eigenvalue weighted by molar-refractivity contribution is -0.131. The molecule has 1 aliphatic rings. The molecule has 0 saturated heterocycles. The molecule has 0 aliphatic heterocycles. The van der Waals surface area contributed by atoms with E-state index < -0.39 is 0 Å². The van der Waals surface area contributed by atoms with Crippen molar-refractivity contribution in [3.8, 4) is 0 Å². The predicted molar refractivity (Wildman–Crippen MR) is 79.1 cm³/mol. The standard InChI is InChI=1S/C17H25NO/c1-3-11-18(13-16-7-8-16)17(19)10-9-15-6-4-5-14(2)12-15/h4-6,12,16H,3,7-11,13H2,1-2H3. The third kappa shape index (κ3) is 4.70. The number of rotatable bonds is 7. The molecule has 0 bridgehead atoms.